The summed E-state index contributed by atoms with van der Waals surface area (Å²) in [4.78, 5) is 12.6. The summed E-state index contributed by atoms with van der Waals surface area (Å²) in [5.41, 5.74) is 9.92. The van der Waals surface area contributed by atoms with Gasteiger partial charge in [0.25, 0.3) is 0 Å². The Morgan fingerprint density at radius 3 is 2.38 bits per heavy atom. The molecule has 2 bridgehead atoms. The van der Waals surface area contributed by atoms with Gasteiger partial charge in [-0.05, 0) is 57.4 Å². The Bertz CT molecular complexity index is 532. The van der Waals surface area contributed by atoms with E-state index in [2.05, 4.69) is 44.3 Å². The van der Waals surface area contributed by atoms with Crippen molar-refractivity contribution in [3.05, 3.63) is 34.9 Å². The summed E-state index contributed by atoms with van der Waals surface area (Å²) < 4.78 is 0. The Morgan fingerprint density at radius 1 is 1.19 bits per heavy atom. The average molecular weight is 286 g/mol. The lowest BCUT2D eigenvalue weighted by Crippen LogP contribution is -2.45. The molecule has 1 aromatic carbocycles. The maximum absolute atomic E-state index is 12.6. The Hall–Kier alpha value is -1.35. The minimum absolute atomic E-state index is 0.0251. The molecule has 0 radical (unpaired) electrons. The first-order valence-electron chi connectivity index (χ1n) is 8.10. The molecular weight excluding hydrogens is 260 g/mol. The second-order valence-electron chi connectivity index (χ2n) is 7.09. The van der Waals surface area contributed by atoms with Crippen molar-refractivity contribution in [1.82, 2.24) is 5.32 Å². The lowest BCUT2D eigenvalue weighted by atomic mass is 9.84. The third-order valence-corrected chi connectivity index (χ3v) is 5.39. The molecule has 0 aliphatic heterocycles. The van der Waals surface area contributed by atoms with E-state index in [1.165, 1.54) is 29.5 Å². The molecule has 0 heterocycles. The number of carbonyl (C=O) groups excluding carboxylic acids is 1. The minimum Gasteiger partial charge on any atom is -0.349 e. The number of benzene rings is 1. The number of nitrogens with two attached hydrogens (primary N) is 1. The highest BCUT2D eigenvalue weighted by Crippen LogP contribution is 2.47. The van der Waals surface area contributed by atoms with Crippen LogP contribution in [0.15, 0.2) is 18.2 Å². The summed E-state index contributed by atoms with van der Waals surface area (Å²) in [6, 6.07) is 6.57. The highest BCUT2D eigenvalue weighted by atomic mass is 16.2. The van der Waals surface area contributed by atoms with Gasteiger partial charge in [-0.15, -0.1) is 0 Å². The minimum atomic E-state index is 0.0251. The van der Waals surface area contributed by atoms with Crippen LogP contribution in [0.3, 0.4) is 0 Å². The zero-order chi connectivity index (χ0) is 15.1. The van der Waals surface area contributed by atoms with Gasteiger partial charge in [0.1, 0.15) is 0 Å². The average Bonchev–Trinajstić information content (AvgIpc) is 2.97. The van der Waals surface area contributed by atoms with Crippen LogP contribution in [0, 0.1) is 31.6 Å². The van der Waals surface area contributed by atoms with Gasteiger partial charge in [-0.25, -0.2) is 0 Å². The van der Waals surface area contributed by atoms with Crippen LogP contribution < -0.4 is 11.1 Å². The van der Waals surface area contributed by atoms with Crippen LogP contribution in [-0.4, -0.2) is 11.9 Å². The molecule has 5 unspecified atom stereocenters. The fraction of sp³-hybridized carbons (Fsp3) is 0.611. The number of fused-ring (bicyclic) bond motifs is 2. The maximum Gasteiger partial charge on any atom is 0.225 e. The zero-order valence-corrected chi connectivity index (χ0v) is 13.2. The predicted molar refractivity (Wildman–Crippen MR) is 84.8 cm³/mol. The van der Waals surface area contributed by atoms with Crippen LogP contribution in [0.1, 0.15) is 48.9 Å². The second kappa shape index (κ2) is 5.45. The van der Waals surface area contributed by atoms with E-state index in [1.54, 1.807) is 0 Å². The summed E-state index contributed by atoms with van der Waals surface area (Å²) in [5, 5.41) is 3.19. The Morgan fingerprint density at radius 2 is 1.81 bits per heavy atom. The van der Waals surface area contributed by atoms with Crippen molar-refractivity contribution in [2.45, 2.75) is 52.1 Å². The summed E-state index contributed by atoms with van der Waals surface area (Å²) in [6.45, 7) is 6.25. The summed E-state index contributed by atoms with van der Waals surface area (Å²) in [6.07, 6.45) is 3.54. The molecule has 21 heavy (non-hydrogen) atoms. The normalized spacial score (nSPS) is 32.2. The van der Waals surface area contributed by atoms with Crippen LogP contribution in [0.4, 0.5) is 0 Å². The number of aryl methyl sites for hydroxylation is 2. The first-order valence-corrected chi connectivity index (χ1v) is 8.10. The number of nitrogens with one attached hydrogen (secondary N) is 1. The third kappa shape index (κ3) is 2.71. The zero-order valence-electron chi connectivity index (χ0n) is 13.2. The van der Waals surface area contributed by atoms with Gasteiger partial charge < -0.3 is 11.1 Å². The number of amides is 1. The number of hydrogen-bond acceptors (Lipinski definition) is 2. The van der Waals surface area contributed by atoms with Gasteiger partial charge in [-0.3, -0.25) is 4.79 Å². The van der Waals surface area contributed by atoms with Crippen LogP contribution in [-0.2, 0) is 4.79 Å². The number of hydrogen-bond donors (Lipinski definition) is 2. The molecule has 2 aliphatic carbocycles. The molecule has 5 atom stereocenters. The van der Waals surface area contributed by atoms with E-state index in [-0.39, 0.29) is 23.9 Å². The molecule has 3 heteroatoms. The molecular formula is C18H26N2O. The van der Waals surface area contributed by atoms with Crippen LogP contribution in [0.5, 0.6) is 0 Å². The summed E-state index contributed by atoms with van der Waals surface area (Å²) in [5.74, 6) is 1.26. The maximum atomic E-state index is 12.6. The number of rotatable bonds is 3. The second-order valence-corrected chi connectivity index (χ2v) is 7.09. The van der Waals surface area contributed by atoms with Gasteiger partial charge in [0, 0.05) is 6.04 Å². The molecule has 2 saturated carbocycles. The highest BCUT2D eigenvalue weighted by Gasteiger charge is 2.49. The van der Waals surface area contributed by atoms with E-state index >= 15 is 0 Å². The van der Waals surface area contributed by atoms with Crippen LogP contribution in [0.2, 0.25) is 0 Å². The van der Waals surface area contributed by atoms with Crippen molar-refractivity contribution >= 4 is 5.91 Å². The Kier molecular flexibility index (Phi) is 3.78. The first kappa shape index (κ1) is 14.6. The Labute approximate surface area is 127 Å². The van der Waals surface area contributed by atoms with Crippen molar-refractivity contribution < 1.29 is 4.79 Å². The van der Waals surface area contributed by atoms with Gasteiger partial charge in [0.05, 0.1) is 12.0 Å². The molecule has 3 nitrogen and oxygen atoms in total. The molecule has 1 aromatic rings. The quantitative estimate of drug-likeness (QED) is 0.897. The summed E-state index contributed by atoms with van der Waals surface area (Å²) in [7, 11) is 0. The van der Waals surface area contributed by atoms with Gasteiger partial charge in [-0.2, -0.15) is 0 Å². The predicted octanol–water partition coefficient (Wildman–Crippen LogP) is 2.85. The van der Waals surface area contributed by atoms with Gasteiger partial charge in [-0.1, -0.05) is 29.3 Å². The summed E-state index contributed by atoms with van der Waals surface area (Å²) >= 11 is 0. The molecule has 2 fully saturated rings. The first-order chi connectivity index (χ1) is 9.95. The lowest BCUT2D eigenvalue weighted by molar-refractivity contribution is -0.127. The smallest absolute Gasteiger partial charge is 0.225 e. The van der Waals surface area contributed by atoms with Crippen LogP contribution >= 0.6 is 0 Å². The standard InChI is InChI=1S/C18H26N2O/c1-10-6-11(2)8-15(7-10)12(3)20-18(21)16-13-4-5-14(9-13)17(16)19/h6-8,12-14,16-17H,4-5,9,19H2,1-3H3,(H,20,21). The van der Waals surface area contributed by atoms with Gasteiger partial charge in [0.2, 0.25) is 5.91 Å². The van der Waals surface area contributed by atoms with E-state index in [0.717, 1.165) is 6.42 Å². The molecule has 114 valence electrons. The van der Waals surface area contributed by atoms with Gasteiger partial charge >= 0.3 is 0 Å². The molecule has 2 aliphatic rings. The molecule has 0 saturated heterocycles. The van der Waals surface area contributed by atoms with Crippen LogP contribution in [0.25, 0.3) is 0 Å². The van der Waals surface area contributed by atoms with E-state index in [1.807, 2.05) is 0 Å². The van der Waals surface area contributed by atoms with E-state index < -0.39 is 0 Å². The SMILES string of the molecule is Cc1cc(C)cc(C(C)NC(=O)C2C3CCC(C3)C2N)c1. The molecule has 3 N–H and O–H groups in total. The van der Waals surface area contributed by atoms with Crippen molar-refractivity contribution in [3.63, 3.8) is 0 Å². The largest absolute Gasteiger partial charge is 0.349 e. The van der Waals surface area contributed by atoms with Gasteiger partial charge in [0.15, 0.2) is 0 Å². The third-order valence-electron chi connectivity index (χ3n) is 5.39. The van der Waals surface area contributed by atoms with Crippen molar-refractivity contribution in [2.24, 2.45) is 23.5 Å². The van der Waals surface area contributed by atoms with Crippen molar-refractivity contribution in [3.8, 4) is 0 Å². The topological polar surface area (TPSA) is 55.1 Å². The lowest BCUT2D eigenvalue weighted by Gasteiger charge is -2.28. The van der Waals surface area contributed by atoms with E-state index in [4.69, 9.17) is 5.73 Å². The monoisotopic (exact) mass is 286 g/mol. The molecule has 0 aromatic heterocycles. The van der Waals surface area contributed by atoms with Crippen molar-refractivity contribution in [2.75, 3.05) is 0 Å². The van der Waals surface area contributed by atoms with E-state index in [9.17, 15) is 4.79 Å². The fourth-order valence-electron chi connectivity index (χ4n) is 4.38. The fourth-order valence-corrected chi connectivity index (χ4v) is 4.38. The van der Waals surface area contributed by atoms with Crippen molar-refractivity contribution in [1.29, 1.82) is 0 Å². The molecule has 3 rings (SSSR count). The number of carbonyl (C=O) groups is 1. The highest BCUT2D eigenvalue weighted by molar-refractivity contribution is 5.80. The molecule has 1 amide bonds. The Balaban J connectivity index is 1.70. The van der Waals surface area contributed by atoms with E-state index in [0.29, 0.717) is 11.8 Å². The molecule has 0 spiro atoms.